The van der Waals surface area contributed by atoms with E-state index in [1.54, 1.807) is 12.1 Å². The van der Waals surface area contributed by atoms with Crippen LogP contribution < -0.4 is 0 Å². The lowest BCUT2D eigenvalue weighted by atomic mass is 9.97. The second kappa shape index (κ2) is 6.09. The van der Waals surface area contributed by atoms with Crippen molar-refractivity contribution in [3.8, 4) is 0 Å². The maximum absolute atomic E-state index is 12.7. The molecular weight excluding hydrogens is 406 g/mol. The minimum absolute atomic E-state index is 0.0841. The van der Waals surface area contributed by atoms with Crippen LogP contribution in [0, 0.1) is 9.49 Å². The highest BCUT2D eigenvalue weighted by molar-refractivity contribution is 14.1. The number of benzene rings is 1. The van der Waals surface area contributed by atoms with E-state index in [0.717, 1.165) is 3.57 Å². The molecule has 7 heteroatoms. The number of amides is 1. The molecule has 1 saturated heterocycles. The van der Waals surface area contributed by atoms with Gasteiger partial charge in [-0.25, -0.2) is 0 Å². The normalized spacial score (nSPS) is 20.1. The van der Waals surface area contributed by atoms with Gasteiger partial charge in [0, 0.05) is 22.2 Å². The Labute approximate surface area is 133 Å². The molecule has 0 aromatic heterocycles. The van der Waals surface area contributed by atoms with Gasteiger partial charge in [0.25, 0.3) is 5.91 Å². The van der Waals surface area contributed by atoms with Gasteiger partial charge in [0.2, 0.25) is 0 Å². The molecule has 0 saturated carbocycles. The lowest BCUT2D eigenvalue weighted by Crippen LogP contribution is -2.44. The Bertz CT molecular complexity index is 521. The van der Waals surface area contributed by atoms with E-state index >= 15 is 0 Å². The van der Waals surface area contributed by atoms with Crippen molar-refractivity contribution in [1.82, 2.24) is 4.90 Å². The van der Waals surface area contributed by atoms with E-state index in [4.69, 9.17) is 11.6 Å². The van der Waals surface area contributed by atoms with Gasteiger partial charge in [-0.05, 0) is 53.6 Å². The van der Waals surface area contributed by atoms with Crippen molar-refractivity contribution in [2.75, 3.05) is 13.1 Å². The molecule has 1 heterocycles. The van der Waals surface area contributed by atoms with Crippen molar-refractivity contribution in [2.24, 2.45) is 5.92 Å². The van der Waals surface area contributed by atoms with Crippen molar-refractivity contribution in [1.29, 1.82) is 0 Å². The van der Waals surface area contributed by atoms with Crippen LogP contribution in [-0.2, 0) is 0 Å². The SMILES string of the molecule is O=C(c1ccc(I)c(Cl)c1)N1CCCC(C(F)(F)F)C1. The van der Waals surface area contributed by atoms with Crippen molar-refractivity contribution >= 4 is 40.1 Å². The molecule has 110 valence electrons. The quantitative estimate of drug-likeness (QED) is 0.622. The number of hydrogen-bond donors (Lipinski definition) is 0. The molecule has 0 radical (unpaired) electrons. The number of carbonyl (C=O) groups excluding carboxylic acids is 1. The smallest absolute Gasteiger partial charge is 0.338 e. The first kappa shape index (κ1) is 15.9. The maximum atomic E-state index is 12.7. The first-order valence-electron chi connectivity index (χ1n) is 6.10. The molecule has 1 aromatic rings. The number of halogens is 5. The van der Waals surface area contributed by atoms with Gasteiger partial charge in [0.15, 0.2) is 0 Å². The summed E-state index contributed by atoms with van der Waals surface area (Å²) >= 11 is 7.97. The Morgan fingerprint density at radius 1 is 1.40 bits per heavy atom. The van der Waals surface area contributed by atoms with Crippen molar-refractivity contribution in [3.05, 3.63) is 32.4 Å². The van der Waals surface area contributed by atoms with Gasteiger partial charge in [0.05, 0.1) is 10.9 Å². The predicted octanol–water partition coefficient (Wildman–Crippen LogP) is 4.36. The summed E-state index contributed by atoms with van der Waals surface area (Å²) in [5.41, 5.74) is 0.332. The minimum Gasteiger partial charge on any atom is -0.338 e. The molecule has 0 N–H and O–H groups in total. The lowest BCUT2D eigenvalue weighted by molar-refractivity contribution is -0.184. The molecule has 2 rings (SSSR count). The van der Waals surface area contributed by atoms with Crippen LogP contribution in [0.1, 0.15) is 23.2 Å². The van der Waals surface area contributed by atoms with Gasteiger partial charge in [0.1, 0.15) is 0 Å². The van der Waals surface area contributed by atoms with Crippen LogP contribution in [0.4, 0.5) is 13.2 Å². The molecule has 0 aliphatic carbocycles. The lowest BCUT2D eigenvalue weighted by Gasteiger charge is -2.33. The third-order valence-electron chi connectivity index (χ3n) is 3.34. The van der Waals surface area contributed by atoms with Gasteiger partial charge in [-0.1, -0.05) is 11.6 Å². The highest BCUT2D eigenvalue weighted by atomic mass is 127. The molecule has 20 heavy (non-hydrogen) atoms. The van der Waals surface area contributed by atoms with E-state index in [-0.39, 0.29) is 13.0 Å². The van der Waals surface area contributed by atoms with Crippen molar-refractivity contribution in [3.63, 3.8) is 0 Å². The van der Waals surface area contributed by atoms with Crippen LogP contribution >= 0.6 is 34.2 Å². The third-order valence-corrected chi connectivity index (χ3v) is 4.91. The van der Waals surface area contributed by atoms with Crippen LogP contribution in [0.3, 0.4) is 0 Å². The number of likely N-dealkylation sites (tertiary alicyclic amines) is 1. The summed E-state index contributed by atoms with van der Waals surface area (Å²) in [5, 5.41) is 0.431. The van der Waals surface area contributed by atoms with E-state index in [9.17, 15) is 18.0 Å². The Balaban J connectivity index is 2.14. The number of hydrogen-bond acceptors (Lipinski definition) is 1. The highest BCUT2D eigenvalue weighted by Crippen LogP contribution is 2.33. The first-order valence-corrected chi connectivity index (χ1v) is 7.56. The zero-order valence-corrected chi connectivity index (χ0v) is 13.3. The average Bonchev–Trinajstić information content (AvgIpc) is 2.40. The van der Waals surface area contributed by atoms with E-state index in [1.807, 2.05) is 22.6 Å². The Kier molecular flexibility index (Phi) is 4.84. The third kappa shape index (κ3) is 3.58. The fourth-order valence-electron chi connectivity index (χ4n) is 2.24. The number of alkyl halides is 3. The van der Waals surface area contributed by atoms with Gasteiger partial charge >= 0.3 is 6.18 Å². The summed E-state index contributed by atoms with van der Waals surface area (Å²) in [5.74, 6) is -1.82. The average molecular weight is 418 g/mol. The summed E-state index contributed by atoms with van der Waals surface area (Å²) in [6.07, 6.45) is -3.79. The van der Waals surface area contributed by atoms with Crippen LogP contribution in [0.2, 0.25) is 5.02 Å². The largest absolute Gasteiger partial charge is 0.393 e. The predicted molar refractivity (Wildman–Crippen MR) is 78.9 cm³/mol. The van der Waals surface area contributed by atoms with Crippen LogP contribution in [0.25, 0.3) is 0 Å². The molecule has 2 nitrogen and oxygen atoms in total. The number of piperidine rings is 1. The standard InChI is InChI=1S/C13H12ClF3INO/c14-10-6-8(3-4-11(10)18)12(20)19-5-1-2-9(7-19)13(15,16)17/h3-4,6,9H,1-2,5,7H2. The second-order valence-corrected chi connectivity index (χ2v) is 6.33. The Morgan fingerprint density at radius 2 is 2.10 bits per heavy atom. The summed E-state index contributed by atoms with van der Waals surface area (Å²) in [4.78, 5) is 13.5. The van der Waals surface area contributed by atoms with Gasteiger partial charge in [-0.3, -0.25) is 4.79 Å². The van der Waals surface area contributed by atoms with E-state index in [0.29, 0.717) is 23.6 Å². The Hall–Kier alpha value is -0.500. The fraction of sp³-hybridized carbons (Fsp3) is 0.462. The first-order chi connectivity index (χ1) is 9.29. The van der Waals surface area contributed by atoms with Crippen molar-refractivity contribution in [2.45, 2.75) is 19.0 Å². The molecule has 1 amide bonds. The van der Waals surface area contributed by atoms with Crippen LogP contribution in [0.15, 0.2) is 18.2 Å². The van der Waals surface area contributed by atoms with Gasteiger partial charge in [-0.15, -0.1) is 0 Å². The van der Waals surface area contributed by atoms with E-state index in [1.165, 1.54) is 11.0 Å². The highest BCUT2D eigenvalue weighted by Gasteiger charge is 2.42. The topological polar surface area (TPSA) is 20.3 Å². The fourth-order valence-corrected chi connectivity index (χ4v) is 2.76. The summed E-state index contributed by atoms with van der Waals surface area (Å²) < 4.78 is 39.0. The van der Waals surface area contributed by atoms with Crippen LogP contribution in [0.5, 0.6) is 0 Å². The van der Waals surface area contributed by atoms with Crippen LogP contribution in [-0.4, -0.2) is 30.1 Å². The summed E-state index contributed by atoms with van der Waals surface area (Å²) in [6.45, 7) is 0.0843. The Morgan fingerprint density at radius 3 is 2.70 bits per heavy atom. The molecule has 1 aliphatic heterocycles. The monoisotopic (exact) mass is 417 g/mol. The minimum atomic E-state index is -4.25. The number of carbonyl (C=O) groups is 1. The summed E-state index contributed by atoms with van der Waals surface area (Å²) in [7, 11) is 0. The number of rotatable bonds is 1. The molecule has 0 spiro atoms. The molecular formula is C13H12ClF3INO. The number of nitrogens with zero attached hydrogens (tertiary/aromatic N) is 1. The molecule has 1 aromatic carbocycles. The van der Waals surface area contributed by atoms with E-state index < -0.39 is 18.0 Å². The van der Waals surface area contributed by atoms with E-state index in [2.05, 4.69) is 0 Å². The second-order valence-electron chi connectivity index (χ2n) is 4.76. The molecule has 1 atom stereocenters. The molecule has 1 unspecified atom stereocenters. The van der Waals surface area contributed by atoms with Crippen molar-refractivity contribution < 1.29 is 18.0 Å². The maximum Gasteiger partial charge on any atom is 0.393 e. The molecule has 1 fully saturated rings. The molecule has 1 aliphatic rings. The molecule has 0 bridgehead atoms. The zero-order valence-electron chi connectivity index (χ0n) is 10.4. The summed E-state index contributed by atoms with van der Waals surface area (Å²) in [6, 6.07) is 4.78. The van der Waals surface area contributed by atoms with Gasteiger partial charge < -0.3 is 4.90 Å². The van der Waals surface area contributed by atoms with Gasteiger partial charge in [-0.2, -0.15) is 13.2 Å². The zero-order chi connectivity index (χ0) is 14.9.